The van der Waals surface area contributed by atoms with Gasteiger partial charge in [0.25, 0.3) is 0 Å². The van der Waals surface area contributed by atoms with Gasteiger partial charge in [0, 0.05) is 50.4 Å². The zero-order valence-electron chi connectivity index (χ0n) is 15.5. The molecule has 0 radical (unpaired) electrons. The monoisotopic (exact) mass is 387 g/mol. The predicted molar refractivity (Wildman–Crippen MR) is 104 cm³/mol. The maximum absolute atomic E-state index is 13.0. The van der Waals surface area contributed by atoms with Gasteiger partial charge in [0.2, 0.25) is 11.8 Å². The number of carbonyl (C=O) groups excluding carboxylic acids is 2. The summed E-state index contributed by atoms with van der Waals surface area (Å²) in [5.74, 6) is -0.780. The number of anilines is 2. The molecule has 1 N–H and O–H groups in total. The third kappa shape index (κ3) is 5.52. The second kappa shape index (κ2) is 9.30. The zero-order chi connectivity index (χ0) is 19.9. The molecule has 3 rings (SSSR count). The van der Waals surface area contributed by atoms with Gasteiger partial charge in [-0.3, -0.25) is 9.59 Å². The van der Waals surface area contributed by atoms with Crippen LogP contribution in [-0.4, -0.2) is 42.9 Å². The molecule has 0 aromatic heterocycles. The first kappa shape index (κ1) is 19.8. The average molecular weight is 387 g/mol. The minimum Gasteiger partial charge on any atom is -0.368 e. The van der Waals surface area contributed by atoms with Crippen LogP contribution in [0.15, 0.2) is 48.5 Å². The Kier molecular flexibility index (Phi) is 6.57. The number of nitrogens with zero attached hydrogens (tertiary/aromatic N) is 2. The number of rotatable bonds is 6. The van der Waals surface area contributed by atoms with Crippen LogP contribution in [0, 0.1) is 11.6 Å². The van der Waals surface area contributed by atoms with E-state index in [1.165, 1.54) is 36.4 Å². The molecule has 1 heterocycles. The summed E-state index contributed by atoms with van der Waals surface area (Å²) in [6, 6.07) is 11.9. The molecule has 7 heteroatoms. The highest BCUT2D eigenvalue weighted by Gasteiger charge is 2.21. The normalized spacial score (nSPS) is 14.1. The van der Waals surface area contributed by atoms with E-state index in [1.54, 1.807) is 17.0 Å². The Labute approximate surface area is 162 Å². The van der Waals surface area contributed by atoms with Crippen molar-refractivity contribution < 1.29 is 18.4 Å². The number of hydrogen-bond donors (Lipinski definition) is 1. The topological polar surface area (TPSA) is 52.7 Å². The molecular formula is C21H23F2N3O2. The van der Waals surface area contributed by atoms with E-state index in [0.717, 1.165) is 5.69 Å². The van der Waals surface area contributed by atoms with Crippen molar-refractivity contribution in [2.24, 2.45) is 0 Å². The van der Waals surface area contributed by atoms with Crippen LogP contribution in [0.3, 0.4) is 0 Å². The summed E-state index contributed by atoms with van der Waals surface area (Å²) in [5, 5.41) is 2.69. The Morgan fingerprint density at radius 1 is 0.821 bits per heavy atom. The highest BCUT2D eigenvalue weighted by Crippen LogP contribution is 2.17. The SMILES string of the molecule is O=C(CCCC(=O)N1CCN(c2ccc(F)cc2)CC1)Nc1ccc(F)cc1. The summed E-state index contributed by atoms with van der Waals surface area (Å²) in [6.07, 6.45) is 1.01. The molecule has 1 aliphatic heterocycles. The van der Waals surface area contributed by atoms with Gasteiger partial charge in [-0.25, -0.2) is 8.78 Å². The van der Waals surface area contributed by atoms with Gasteiger partial charge in [0.1, 0.15) is 11.6 Å². The predicted octanol–water partition coefficient (Wildman–Crippen LogP) is 3.42. The quantitative estimate of drug-likeness (QED) is 0.826. The minimum absolute atomic E-state index is 0.0355. The molecule has 1 aliphatic rings. The maximum Gasteiger partial charge on any atom is 0.224 e. The van der Waals surface area contributed by atoms with Crippen molar-refractivity contribution in [1.29, 1.82) is 0 Å². The summed E-state index contributed by atoms with van der Waals surface area (Å²) < 4.78 is 25.9. The van der Waals surface area contributed by atoms with Crippen molar-refractivity contribution in [2.75, 3.05) is 36.4 Å². The Balaban J connectivity index is 1.37. The third-order valence-corrected chi connectivity index (χ3v) is 4.75. The highest BCUT2D eigenvalue weighted by molar-refractivity contribution is 5.91. The van der Waals surface area contributed by atoms with E-state index < -0.39 is 0 Å². The van der Waals surface area contributed by atoms with Gasteiger partial charge in [-0.15, -0.1) is 0 Å². The van der Waals surface area contributed by atoms with Gasteiger partial charge in [0.05, 0.1) is 0 Å². The fourth-order valence-corrected chi connectivity index (χ4v) is 3.18. The molecule has 5 nitrogen and oxygen atoms in total. The van der Waals surface area contributed by atoms with Crippen LogP contribution in [0.25, 0.3) is 0 Å². The summed E-state index contributed by atoms with van der Waals surface area (Å²) in [4.78, 5) is 28.2. The lowest BCUT2D eigenvalue weighted by Crippen LogP contribution is -2.48. The first-order valence-corrected chi connectivity index (χ1v) is 9.35. The Hall–Kier alpha value is -2.96. The van der Waals surface area contributed by atoms with Gasteiger partial charge >= 0.3 is 0 Å². The summed E-state index contributed by atoms with van der Waals surface area (Å²) in [7, 11) is 0. The second-order valence-corrected chi connectivity index (χ2v) is 6.75. The van der Waals surface area contributed by atoms with Crippen LogP contribution in [0.4, 0.5) is 20.2 Å². The molecule has 28 heavy (non-hydrogen) atoms. The maximum atomic E-state index is 13.0. The van der Waals surface area contributed by atoms with E-state index in [4.69, 9.17) is 0 Å². The molecule has 0 unspecified atom stereocenters. The van der Waals surface area contributed by atoms with E-state index in [0.29, 0.717) is 44.7 Å². The summed E-state index contributed by atoms with van der Waals surface area (Å²) >= 11 is 0. The Morgan fingerprint density at radius 2 is 1.39 bits per heavy atom. The van der Waals surface area contributed by atoms with Gasteiger partial charge in [0.15, 0.2) is 0 Å². The van der Waals surface area contributed by atoms with Crippen LogP contribution < -0.4 is 10.2 Å². The van der Waals surface area contributed by atoms with Crippen molar-refractivity contribution in [3.63, 3.8) is 0 Å². The molecule has 0 bridgehead atoms. The van der Waals surface area contributed by atoms with Crippen molar-refractivity contribution in [1.82, 2.24) is 4.90 Å². The van der Waals surface area contributed by atoms with E-state index in [9.17, 15) is 18.4 Å². The highest BCUT2D eigenvalue weighted by atomic mass is 19.1. The summed E-state index contributed by atoms with van der Waals surface area (Å²) in [5.41, 5.74) is 1.49. The molecule has 0 aliphatic carbocycles. The fourth-order valence-electron chi connectivity index (χ4n) is 3.18. The number of halogens is 2. The van der Waals surface area contributed by atoms with Crippen molar-refractivity contribution in [3.05, 3.63) is 60.2 Å². The first-order chi connectivity index (χ1) is 13.5. The number of hydrogen-bond acceptors (Lipinski definition) is 3. The molecule has 1 saturated heterocycles. The van der Waals surface area contributed by atoms with Gasteiger partial charge in [-0.2, -0.15) is 0 Å². The fraction of sp³-hybridized carbons (Fsp3) is 0.333. The van der Waals surface area contributed by atoms with Gasteiger partial charge in [-0.1, -0.05) is 0 Å². The van der Waals surface area contributed by atoms with Crippen molar-refractivity contribution in [3.8, 4) is 0 Å². The molecule has 1 fully saturated rings. The largest absolute Gasteiger partial charge is 0.368 e. The Morgan fingerprint density at radius 3 is 2.00 bits per heavy atom. The number of piperazine rings is 1. The smallest absolute Gasteiger partial charge is 0.224 e. The zero-order valence-corrected chi connectivity index (χ0v) is 15.5. The standard InChI is InChI=1S/C21H23F2N3O2/c22-16-4-8-18(9-5-16)24-20(27)2-1-3-21(28)26-14-12-25(13-15-26)19-10-6-17(23)7-11-19/h4-11H,1-3,12-15H2,(H,24,27). The molecule has 0 atom stereocenters. The minimum atomic E-state index is -0.358. The number of carbonyl (C=O) groups is 2. The number of amides is 2. The number of nitrogens with one attached hydrogen (secondary N) is 1. The lowest BCUT2D eigenvalue weighted by molar-refractivity contribution is -0.131. The van der Waals surface area contributed by atoms with E-state index in [1.807, 2.05) is 0 Å². The van der Waals surface area contributed by atoms with Gasteiger partial charge < -0.3 is 15.1 Å². The lowest BCUT2D eigenvalue weighted by Gasteiger charge is -2.36. The first-order valence-electron chi connectivity index (χ1n) is 9.35. The van der Waals surface area contributed by atoms with Crippen LogP contribution >= 0.6 is 0 Å². The van der Waals surface area contributed by atoms with Crippen LogP contribution in [-0.2, 0) is 9.59 Å². The van der Waals surface area contributed by atoms with E-state index in [-0.39, 0.29) is 29.9 Å². The van der Waals surface area contributed by atoms with Crippen LogP contribution in [0.5, 0.6) is 0 Å². The Bertz CT molecular complexity index is 801. The lowest BCUT2D eigenvalue weighted by atomic mass is 10.2. The number of benzene rings is 2. The molecule has 2 aromatic rings. The van der Waals surface area contributed by atoms with Crippen LogP contribution in [0.2, 0.25) is 0 Å². The molecule has 148 valence electrons. The summed E-state index contributed by atoms with van der Waals surface area (Å²) in [6.45, 7) is 2.61. The third-order valence-electron chi connectivity index (χ3n) is 4.75. The van der Waals surface area contributed by atoms with E-state index in [2.05, 4.69) is 10.2 Å². The second-order valence-electron chi connectivity index (χ2n) is 6.75. The van der Waals surface area contributed by atoms with Crippen molar-refractivity contribution in [2.45, 2.75) is 19.3 Å². The van der Waals surface area contributed by atoms with Crippen molar-refractivity contribution >= 4 is 23.2 Å². The average Bonchev–Trinajstić information content (AvgIpc) is 2.70. The molecular weight excluding hydrogens is 364 g/mol. The molecule has 0 saturated carbocycles. The molecule has 2 aromatic carbocycles. The van der Waals surface area contributed by atoms with Crippen LogP contribution in [0.1, 0.15) is 19.3 Å². The van der Waals surface area contributed by atoms with Gasteiger partial charge in [-0.05, 0) is 55.0 Å². The van der Waals surface area contributed by atoms with E-state index >= 15 is 0 Å². The molecule has 0 spiro atoms. The molecule has 2 amide bonds.